The third kappa shape index (κ3) is 4.18. The third-order valence-electron chi connectivity index (χ3n) is 4.68. The predicted octanol–water partition coefficient (Wildman–Crippen LogP) is 2.99. The van der Waals surface area contributed by atoms with E-state index in [1.807, 2.05) is 36.4 Å². The Hall–Kier alpha value is -2.93. The SMILES string of the molecule is O=[N+]([O-])c1ccccc1N1CCN(CC/C(=N\O)c2ccccc2)CC1. The maximum Gasteiger partial charge on any atom is 0.292 e. The van der Waals surface area contributed by atoms with E-state index in [2.05, 4.69) is 15.0 Å². The van der Waals surface area contributed by atoms with Crippen LogP contribution in [0.25, 0.3) is 0 Å². The van der Waals surface area contributed by atoms with E-state index >= 15 is 0 Å². The molecule has 26 heavy (non-hydrogen) atoms. The van der Waals surface area contributed by atoms with Crippen molar-refractivity contribution < 1.29 is 10.1 Å². The number of benzene rings is 2. The van der Waals surface area contributed by atoms with Crippen molar-refractivity contribution in [3.63, 3.8) is 0 Å². The molecule has 1 heterocycles. The minimum absolute atomic E-state index is 0.153. The molecule has 1 saturated heterocycles. The van der Waals surface area contributed by atoms with Crippen molar-refractivity contribution >= 4 is 17.1 Å². The van der Waals surface area contributed by atoms with Crippen LogP contribution in [0.5, 0.6) is 0 Å². The highest BCUT2D eigenvalue weighted by molar-refractivity contribution is 6.00. The van der Waals surface area contributed by atoms with Gasteiger partial charge in [-0.05, 0) is 11.6 Å². The molecule has 1 N–H and O–H groups in total. The van der Waals surface area contributed by atoms with E-state index in [-0.39, 0.29) is 10.6 Å². The first-order valence-electron chi connectivity index (χ1n) is 8.66. The van der Waals surface area contributed by atoms with E-state index in [9.17, 15) is 15.3 Å². The zero-order chi connectivity index (χ0) is 18.4. The Labute approximate surface area is 152 Å². The number of nitrogens with zero attached hydrogens (tertiary/aromatic N) is 4. The van der Waals surface area contributed by atoms with Crippen LogP contribution in [0.2, 0.25) is 0 Å². The van der Waals surface area contributed by atoms with Gasteiger partial charge in [0.05, 0.1) is 10.6 Å². The van der Waals surface area contributed by atoms with Crippen molar-refractivity contribution in [2.45, 2.75) is 6.42 Å². The molecule has 0 radical (unpaired) electrons. The topological polar surface area (TPSA) is 82.2 Å². The Morgan fingerprint density at radius 1 is 1.04 bits per heavy atom. The Morgan fingerprint density at radius 3 is 2.35 bits per heavy atom. The first-order valence-corrected chi connectivity index (χ1v) is 8.66. The second-order valence-electron chi connectivity index (χ2n) is 6.24. The van der Waals surface area contributed by atoms with Crippen molar-refractivity contribution in [1.82, 2.24) is 4.90 Å². The number of hydrogen-bond donors (Lipinski definition) is 1. The number of nitro groups is 1. The second-order valence-corrected chi connectivity index (χ2v) is 6.24. The number of oxime groups is 1. The van der Waals surface area contributed by atoms with Crippen LogP contribution in [0, 0.1) is 10.1 Å². The molecular formula is C19H22N4O3. The fourth-order valence-corrected chi connectivity index (χ4v) is 3.24. The summed E-state index contributed by atoms with van der Waals surface area (Å²) in [6, 6.07) is 16.5. The van der Waals surface area contributed by atoms with Crippen LogP contribution in [0.15, 0.2) is 59.8 Å². The number of anilines is 1. The lowest BCUT2D eigenvalue weighted by atomic mass is 10.1. The van der Waals surface area contributed by atoms with Gasteiger partial charge in [-0.3, -0.25) is 15.0 Å². The van der Waals surface area contributed by atoms with Crippen LogP contribution < -0.4 is 4.90 Å². The Balaban J connectivity index is 1.55. The highest BCUT2D eigenvalue weighted by Crippen LogP contribution is 2.28. The molecular weight excluding hydrogens is 332 g/mol. The summed E-state index contributed by atoms with van der Waals surface area (Å²) in [5, 5.41) is 23.9. The molecule has 7 heteroatoms. The maximum atomic E-state index is 11.2. The fraction of sp³-hybridized carbons (Fsp3) is 0.316. The lowest BCUT2D eigenvalue weighted by Gasteiger charge is -2.35. The van der Waals surface area contributed by atoms with Gasteiger partial charge in [0, 0.05) is 45.2 Å². The van der Waals surface area contributed by atoms with Crippen molar-refractivity contribution in [2.24, 2.45) is 5.16 Å². The number of nitro benzene ring substituents is 1. The van der Waals surface area contributed by atoms with Gasteiger partial charge in [-0.2, -0.15) is 0 Å². The lowest BCUT2D eigenvalue weighted by molar-refractivity contribution is -0.384. The molecule has 136 valence electrons. The van der Waals surface area contributed by atoms with E-state index in [0.29, 0.717) is 17.8 Å². The summed E-state index contributed by atoms with van der Waals surface area (Å²) in [5.74, 6) is 0. The van der Waals surface area contributed by atoms with Crippen molar-refractivity contribution in [3.8, 4) is 0 Å². The number of hydrogen-bond acceptors (Lipinski definition) is 6. The summed E-state index contributed by atoms with van der Waals surface area (Å²) in [4.78, 5) is 15.2. The summed E-state index contributed by atoms with van der Waals surface area (Å²) in [7, 11) is 0. The Kier molecular flexibility index (Phi) is 5.80. The fourth-order valence-electron chi connectivity index (χ4n) is 3.24. The molecule has 0 aromatic heterocycles. The smallest absolute Gasteiger partial charge is 0.292 e. The highest BCUT2D eigenvalue weighted by Gasteiger charge is 2.23. The van der Waals surface area contributed by atoms with Gasteiger partial charge >= 0.3 is 0 Å². The minimum Gasteiger partial charge on any atom is -0.411 e. The van der Waals surface area contributed by atoms with Crippen LogP contribution in [0.4, 0.5) is 11.4 Å². The summed E-state index contributed by atoms with van der Waals surface area (Å²) in [5.41, 5.74) is 2.43. The molecule has 7 nitrogen and oxygen atoms in total. The Bertz CT molecular complexity index is 771. The lowest BCUT2D eigenvalue weighted by Crippen LogP contribution is -2.47. The quantitative estimate of drug-likeness (QED) is 0.373. The average molecular weight is 354 g/mol. The minimum atomic E-state index is -0.328. The highest BCUT2D eigenvalue weighted by atomic mass is 16.6. The van der Waals surface area contributed by atoms with Gasteiger partial charge in [0.25, 0.3) is 5.69 Å². The molecule has 2 aromatic rings. The standard InChI is InChI=1S/C19H22N4O3/c24-20-17(16-6-2-1-3-7-16)10-11-21-12-14-22(15-13-21)18-8-4-5-9-19(18)23(25)26/h1-9,24H,10-15H2/b20-17+. The molecule has 0 atom stereocenters. The Morgan fingerprint density at radius 2 is 1.69 bits per heavy atom. The molecule has 0 aliphatic carbocycles. The number of rotatable bonds is 6. The summed E-state index contributed by atoms with van der Waals surface area (Å²) < 4.78 is 0. The van der Waals surface area contributed by atoms with Crippen LogP contribution in [-0.2, 0) is 0 Å². The monoisotopic (exact) mass is 354 g/mol. The molecule has 2 aromatic carbocycles. The van der Waals surface area contributed by atoms with Gasteiger partial charge in [-0.1, -0.05) is 47.6 Å². The molecule has 1 aliphatic heterocycles. The van der Waals surface area contributed by atoms with E-state index < -0.39 is 0 Å². The summed E-state index contributed by atoms with van der Waals surface area (Å²) in [6.45, 7) is 3.90. The van der Waals surface area contributed by atoms with Gasteiger partial charge < -0.3 is 10.1 Å². The molecule has 0 spiro atoms. The first kappa shape index (κ1) is 17.9. The normalized spacial score (nSPS) is 15.8. The molecule has 1 fully saturated rings. The number of para-hydroxylation sites is 2. The molecule has 0 unspecified atom stereocenters. The first-order chi connectivity index (χ1) is 12.7. The zero-order valence-electron chi connectivity index (χ0n) is 14.5. The third-order valence-corrected chi connectivity index (χ3v) is 4.68. The summed E-state index contributed by atoms with van der Waals surface area (Å²) >= 11 is 0. The van der Waals surface area contributed by atoms with E-state index in [1.54, 1.807) is 18.2 Å². The summed E-state index contributed by atoms with van der Waals surface area (Å²) in [6.07, 6.45) is 0.659. The van der Waals surface area contributed by atoms with Crippen molar-refractivity contribution in [1.29, 1.82) is 0 Å². The van der Waals surface area contributed by atoms with Crippen molar-refractivity contribution in [3.05, 3.63) is 70.3 Å². The maximum absolute atomic E-state index is 11.2. The average Bonchev–Trinajstić information content (AvgIpc) is 2.70. The zero-order valence-corrected chi connectivity index (χ0v) is 14.5. The second kappa shape index (κ2) is 8.44. The van der Waals surface area contributed by atoms with Gasteiger partial charge in [0.2, 0.25) is 0 Å². The van der Waals surface area contributed by atoms with Crippen molar-refractivity contribution in [2.75, 3.05) is 37.6 Å². The van der Waals surface area contributed by atoms with E-state index in [4.69, 9.17) is 0 Å². The predicted molar refractivity (Wildman–Crippen MR) is 101 cm³/mol. The molecule has 3 rings (SSSR count). The van der Waals surface area contributed by atoms with Gasteiger partial charge in [-0.15, -0.1) is 0 Å². The van der Waals surface area contributed by atoms with E-state index in [0.717, 1.165) is 38.3 Å². The van der Waals surface area contributed by atoms with Gasteiger partial charge in [0.15, 0.2) is 0 Å². The van der Waals surface area contributed by atoms with Gasteiger partial charge in [-0.25, -0.2) is 0 Å². The molecule has 0 amide bonds. The van der Waals surface area contributed by atoms with Gasteiger partial charge in [0.1, 0.15) is 5.69 Å². The largest absolute Gasteiger partial charge is 0.411 e. The van der Waals surface area contributed by atoms with Crippen LogP contribution in [0.1, 0.15) is 12.0 Å². The molecule has 1 aliphatic rings. The van der Waals surface area contributed by atoms with E-state index in [1.165, 1.54) is 0 Å². The van der Waals surface area contributed by atoms with Crippen LogP contribution in [0.3, 0.4) is 0 Å². The van der Waals surface area contributed by atoms with Crippen LogP contribution >= 0.6 is 0 Å². The van der Waals surface area contributed by atoms with Crippen LogP contribution in [-0.4, -0.2) is 53.5 Å². The molecule has 0 saturated carbocycles. The molecule has 0 bridgehead atoms. The number of piperazine rings is 1.